The molecule has 2 saturated heterocycles. The smallest absolute Gasteiger partial charge is 0.243 e. The zero-order valence-corrected chi connectivity index (χ0v) is 19.7. The first-order valence-corrected chi connectivity index (χ1v) is 13.2. The average Bonchev–Trinajstić information content (AvgIpc) is 2.83. The predicted octanol–water partition coefficient (Wildman–Crippen LogP) is 1.42. The Kier molecular flexibility index (Phi) is 7.01. The second-order valence-electron chi connectivity index (χ2n) is 9.01. The van der Waals surface area contributed by atoms with Crippen LogP contribution in [0, 0.1) is 0 Å². The van der Waals surface area contributed by atoms with Crippen molar-refractivity contribution in [2.75, 3.05) is 58.9 Å². The third-order valence-corrected chi connectivity index (χ3v) is 9.16. The summed E-state index contributed by atoms with van der Waals surface area (Å²) in [6, 6.07) is 5.45. The van der Waals surface area contributed by atoms with Crippen molar-refractivity contribution in [2.45, 2.75) is 50.5 Å². The predicted molar refractivity (Wildman–Crippen MR) is 122 cm³/mol. The topological polar surface area (TPSA) is 64.2 Å². The van der Waals surface area contributed by atoms with Crippen LogP contribution >= 0.6 is 0 Å². The Labute approximate surface area is 187 Å². The summed E-state index contributed by atoms with van der Waals surface area (Å²) in [5.74, 6) is 0.168. The van der Waals surface area contributed by atoms with Crippen molar-refractivity contribution in [3.05, 3.63) is 29.3 Å². The Bertz CT molecular complexity index is 888. The van der Waals surface area contributed by atoms with Crippen molar-refractivity contribution in [1.29, 1.82) is 0 Å². The highest BCUT2D eigenvalue weighted by molar-refractivity contribution is 7.89. The van der Waals surface area contributed by atoms with Gasteiger partial charge in [-0.05, 0) is 62.4 Å². The minimum Gasteiger partial charge on any atom is -0.339 e. The first-order valence-electron chi connectivity index (χ1n) is 11.8. The van der Waals surface area contributed by atoms with Crippen molar-refractivity contribution in [3.63, 3.8) is 0 Å². The summed E-state index contributed by atoms with van der Waals surface area (Å²) in [7, 11) is -3.49. The number of sulfonamides is 1. The van der Waals surface area contributed by atoms with E-state index in [0.29, 0.717) is 31.1 Å². The molecule has 0 aromatic heterocycles. The number of carbonyl (C=O) groups excluding carboxylic acids is 1. The van der Waals surface area contributed by atoms with Crippen LogP contribution in [0.2, 0.25) is 0 Å². The molecule has 2 fully saturated rings. The summed E-state index contributed by atoms with van der Waals surface area (Å²) < 4.78 is 28.0. The van der Waals surface area contributed by atoms with E-state index in [2.05, 4.69) is 16.7 Å². The summed E-state index contributed by atoms with van der Waals surface area (Å²) in [5, 5.41) is 0. The van der Waals surface area contributed by atoms with Gasteiger partial charge in [-0.3, -0.25) is 9.69 Å². The Morgan fingerprint density at radius 3 is 2.23 bits per heavy atom. The summed E-state index contributed by atoms with van der Waals surface area (Å²) in [6.07, 6.45) is 4.34. The molecule has 1 unspecified atom stereocenters. The molecular formula is C23H36N4O3S. The van der Waals surface area contributed by atoms with Gasteiger partial charge in [-0.1, -0.05) is 13.0 Å². The van der Waals surface area contributed by atoms with E-state index >= 15 is 0 Å². The molecule has 31 heavy (non-hydrogen) atoms. The SMILES string of the molecule is CCN1CCN(C(=O)C(C)N2CCN(S(=O)(=O)c3ccc4c(c3)CCCC4)CC2)CC1. The van der Waals surface area contributed by atoms with Crippen LogP contribution in [0.15, 0.2) is 23.1 Å². The van der Waals surface area contributed by atoms with Crippen LogP contribution < -0.4 is 0 Å². The average molecular weight is 449 g/mol. The minimum absolute atomic E-state index is 0.168. The van der Waals surface area contributed by atoms with Gasteiger partial charge < -0.3 is 9.80 Å². The van der Waals surface area contributed by atoms with Crippen molar-refractivity contribution in [1.82, 2.24) is 19.0 Å². The summed E-state index contributed by atoms with van der Waals surface area (Å²) in [5.41, 5.74) is 2.48. The number of nitrogens with zero attached hydrogens (tertiary/aromatic N) is 4. The third-order valence-electron chi connectivity index (χ3n) is 7.27. The van der Waals surface area contributed by atoms with Crippen molar-refractivity contribution in [3.8, 4) is 0 Å². The fourth-order valence-corrected chi connectivity index (χ4v) is 6.53. The van der Waals surface area contributed by atoms with Gasteiger partial charge in [-0.2, -0.15) is 4.31 Å². The van der Waals surface area contributed by atoms with E-state index in [1.807, 2.05) is 24.0 Å². The molecule has 1 aromatic carbocycles. The lowest BCUT2D eigenvalue weighted by atomic mass is 9.92. The maximum atomic E-state index is 13.2. The Balaban J connectivity index is 1.35. The van der Waals surface area contributed by atoms with Gasteiger partial charge in [0.15, 0.2) is 0 Å². The second kappa shape index (κ2) is 9.57. The zero-order chi connectivity index (χ0) is 22.0. The standard InChI is InChI=1S/C23H36N4O3S/c1-3-24-10-12-26(13-11-24)23(28)19(2)25-14-16-27(17-15-25)31(29,30)22-9-8-20-6-4-5-7-21(20)18-22/h8-9,18-19H,3-7,10-17H2,1-2H3. The zero-order valence-electron chi connectivity index (χ0n) is 18.9. The quantitative estimate of drug-likeness (QED) is 0.682. The van der Waals surface area contributed by atoms with E-state index in [-0.39, 0.29) is 11.9 Å². The number of hydrogen-bond donors (Lipinski definition) is 0. The maximum Gasteiger partial charge on any atom is 0.243 e. The summed E-state index contributed by atoms with van der Waals surface area (Å²) in [6.45, 7) is 10.6. The highest BCUT2D eigenvalue weighted by Crippen LogP contribution is 2.26. The van der Waals surface area contributed by atoms with Gasteiger partial charge >= 0.3 is 0 Å². The van der Waals surface area contributed by atoms with E-state index in [1.54, 1.807) is 10.4 Å². The van der Waals surface area contributed by atoms with Crippen LogP contribution in [0.4, 0.5) is 0 Å². The fraction of sp³-hybridized carbons (Fsp3) is 0.696. The Morgan fingerprint density at radius 2 is 1.58 bits per heavy atom. The van der Waals surface area contributed by atoms with E-state index < -0.39 is 10.0 Å². The van der Waals surface area contributed by atoms with E-state index in [4.69, 9.17) is 0 Å². The molecule has 2 aliphatic heterocycles. The number of likely N-dealkylation sites (N-methyl/N-ethyl adjacent to an activating group) is 1. The van der Waals surface area contributed by atoms with Crippen LogP contribution in [-0.4, -0.2) is 98.3 Å². The monoisotopic (exact) mass is 448 g/mol. The highest BCUT2D eigenvalue weighted by atomic mass is 32.2. The number of piperazine rings is 2. The van der Waals surface area contributed by atoms with Gasteiger partial charge in [0.2, 0.25) is 15.9 Å². The molecule has 1 amide bonds. The molecule has 0 radical (unpaired) electrons. The molecule has 3 aliphatic rings. The Hall–Kier alpha value is -1.48. The number of hydrogen-bond acceptors (Lipinski definition) is 5. The molecule has 4 rings (SSSR count). The van der Waals surface area contributed by atoms with Crippen LogP contribution in [0.1, 0.15) is 37.8 Å². The van der Waals surface area contributed by atoms with E-state index in [9.17, 15) is 13.2 Å². The molecule has 0 spiro atoms. The minimum atomic E-state index is -3.49. The molecule has 1 aliphatic carbocycles. The van der Waals surface area contributed by atoms with Crippen LogP contribution in [0.3, 0.4) is 0 Å². The number of fused-ring (bicyclic) bond motifs is 1. The summed E-state index contributed by atoms with van der Waals surface area (Å²) in [4.78, 5) is 19.8. The second-order valence-corrected chi connectivity index (χ2v) is 11.0. The molecule has 0 N–H and O–H groups in total. The fourth-order valence-electron chi connectivity index (χ4n) is 5.06. The molecule has 0 bridgehead atoms. The lowest BCUT2D eigenvalue weighted by Gasteiger charge is -2.40. The molecule has 0 saturated carbocycles. The first-order chi connectivity index (χ1) is 14.9. The molecule has 1 aromatic rings. The number of carbonyl (C=O) groups is 1. The highest BCUT2D eigenvalue weighted by Gasteiger charge is 2.34. The van der Waals surface area contributed by atoms with Crippen LogP contribution in [0.25, 0.3) is 0 Å². The van der Waals surface area contributed by atoms with Crippen molar-refractivity contribution < 1.29 is 13.2 Å². The van der Waals surface area contributed by atoms with Gasteiger partial charge in [-0.25, -0.2) is 8.42 Å². The molecule has 172 valence electrons. The Morgan fingerprint density at radius 1 is 0.935 bits per heavy atom. The molecule has 2 heterocycles. The van der Waals surface area contributed by atoms with E-state index in [1.165, 1.54) is 17.5 Å². The van der Waals surface area contributed by atoms with Gasteiger partial charge in [0.05, 0.1) is 10.9 Å². The number of amides is 1. The molecule has 7 nitrogen and oxygen atoms in total. The molecular weight excluding hydrogens is 412 g/mol. The van der Waals surface area contributed by atoms with Crippen LogP contribution in [0.5, 0.6) is 0 Å². The van der Waals surface area contributed by atoms with Gasteiger partial charge in [0.25, 0.3) is 0 Å². The lowest BCUT2D eigenvalue weighted by molar-refractivity contribution is -0.138. The number of rotatable bonds is 5. The van der Waals surface area contributed by atoms with Crippen molar-refractivity contribution >= 4 is 15.9 Å². The van der Waals surface area contributed by atoms with Crippen LogP contribution in [-0.2, 0) is 27.7 Å². The largest absolute Gasteiger partial charge is 0.339 e. The van der Waals surface area contributed by atoms with Gasteiger partial charge in [-0.15, -0.1) is 0 Å². The normalized spacial score (nSPS) is 22.8. The summed E-state index contributed by atoms with van der Waals surface area (Å²) >= 11 is 0. The van der Waals surface area contributed by atoms with Gasteiger partial charge in [0.1, 0.15) is 0 Å². The maximum absolute atomic E-state index is 13.2. The van der Waals surface area contributed by atoms with Gasteiger partial charge in [0, 0.05) is 52.4 Å². The molecule has 1 atom stereocenters. The number of benzene rings is 1. The van der Waals surface area contributed by atoms with Crippen molar-refractivity contribution in [2.24, 2.45) is 0 Å². The lowest BCUT2D eigenvalue weighted by Crippen LogP contribution is -2.57. The van der Waals surface area contributed by atoms with E-state index in [0.717, 1.165) is 52.0 Å². The molecule has 8 heteroatoms. The first kappa shape index (κ1) is 22.7. The third kappa shape index (κ3) is 4.82. The number of aryl methyl sites for hydroxylation is 2.